The largest absolute Gasteiger partial charge is 0.491 e. The molecule has 2 N–H and O–H groups in total. The second kappa shape index (κ2) is 6.73. The van der Waals surface area contributed by atoms with Crippen LogP contribution in [0.25, 0.3) is 10.8 Å². The number of hydrogen-bond acceptors (Lipinski definition) is 3. The number of hydrogen-bond donors (Lipinski definition) is 2. The summed E-state index contributed by atoms with van der Waals surface area (Å²) in [6, 6.07) is 14.2. The van der Waals surface area contributed by atoms with Gasteiger partial charge >= 0.3 is 0 Å². The first kappa shape index (κ1) is 14.8. The first-order chi connectivity index (χ1) is 9.68. The van der Waals surface area contributed by atoms with Gasteiger partial charge in [0.25, 0.3) is 0 Å². The third kappa shape index (κ3) is 3.50. The number of aliphatic hydroxyl groups is 1. The van der Waals surface area contributed by atoms with Crippen molar-refractivity contribution in [1.82, 2.24) is 5.32 Å². The van der Waals surface area contributed by atoms with Crippen molar-refractivity contribution in [2.45, 2.75) is 25.8 Å². The molecule has 0 aliphatic rings. The van der Waals surface area contributed by atoms with E-state index in [0.29, 0.717) is 6.61 Å². The van der Waals surface area contributed by atoms with E-state index < -0.39 is 5.54 Å². The Kier molecular flexibility index (Phi) is 4.99. The van der Waals surface area contributed by atoms with Crippen LogP contribution in [0.4, 0.5) is 0 Å². The van der Waals surface area contributed by atoms with Crippen LogP contribution < -0.4 is 10.1 Å². The molecule has 20 heavy (non-hydrogen) atoms. The summed E-state index contributed by atoms with van der Waals surface area (Å²) in [7, 11) is 0. The summed E-state index contributed by atoms with van der Waals surface area (Å²) in [5, 5.41) is 15.2. The molecule has 3 nitrogen and oxygen atoms in total. The van der Waals surface area contributed by atoms with Gasteiger partial charge in [-0.15, -0.1) is 0 Å². The zero-order valence-corrected chi connectivity index (χ0v) is 12.2. The average molecular weight is 273 g/mol. The molecule has 0 fully saturated rings. The fraction of sp³-hybridized carbons (Fsp3) is 0.412. The minimum absolute atomic E-state index is 0.0533. The number of nitrogens with one attached hydrogen (secondary N) is 1. The summed E-state index contributed by atoms with van der Waals surface area (Å²) >= 11 is 0. The molecule has 0 radical (unpaired) electrons. The normalized spacial score (nSPS) is 14.2. The molecule has 1 unspecified atom stereocenters. The van der Waals surface area contributed by atoms with E-state index in [1.807, 2.05) is 31.2 Å². The molecule has 0 amide bonds. The number of fused-ring (bicyclic) bond motifs is 1. The molecular weight excluding hydrogens is 250 g/mol. The van der Waals surface area contributed by atoms with Gasteiger partial charge in [-0.3, -0.25) is 0 Å². The molecule has 1 atom stereocenters. The molecule has 108 valence electrons. The quantitative estimate of drug-likeness (QED) is 0.815. The Morgan fingerprint density at radius 2 is 1.90 bits per heavy atom. The van der Waals surface area contributed by atoms with E-state index in [9.17, 15) is 5.11 Å². The third-order valence-electron chi connectivity index (χ3n) is 3.45. The molecular formula is C17H23NO2. The summed E-state index contributed by atoms with van der Waals surface area (Å²) in [5.74, 6) is 0.862. The molecule has 2 rings (SSSR count). The number of ether oxygens (including phenoxy) is 1. The Hall–Kier alpha value is -1.58. The Balaban J connectivity index is 2.12. The second-order valence-electron chi connectivity index (χ2n) is 5.41. The summed E-state index contributed by atoms with van der Waals surface area (Å²) in [5.41, 5.74) is -0.410. The third-order valence-corrected chi connectivity index (χ3v) is 3.45. The standard InChI is InChI=1S/C17H23NO2/c1-3-11-18-17(2,12-19)13-20-16-10-6-8-14-7-4-5-9-15(14)16/h4-10,18-19H,3,11-13H2,1-2H3. The van der Waals surface area contributed by atoms with Crippen LogP contribution in [0.2, 0.25) is 0 Å². The van der Waals surface area contributed by atoms with E-state index in [1.165, 1.54) is 0 Å². The zero-order chi connectivity index (χ0) is 14.4. The van der Waals surface area contributed by atoms with Crippen LogP contribution in [0.15, 0.2) is 42.5 Å². The summed E-state index contributed by atoms with van der Waals surface area (Å²) in [6.07, 6.45) is 1.03. The van der Waals surface area contributed by atoms with Crippen LogP contribution in [-0.4, -0.2) is 30.4 Å². The van der Waals surface area contributed by atoms with Gasteiger partial charge < -0.3 is 15.2 Å². The highest BCUT2D eigenvalue weighted by Gasteiger charge is 2.23. The van der Waals surface area contributed by atoms with Crippen molar-refractivity contribution in [2.24, 2.45) is 0 Å². The maximum atomic E-state index is 9.56. The molecule has 2 aromatic rings. The monoisotopic (exact) mass is 273 g/mol. The van der Waals surface area contributed by atoms with Gasteiger partial charge in [-0.1, -0.05) is 43.3 Å². The van der Waals surface area contributed by atoms with Crippen molar-refractivity contribution in [3.05, 3.63) is 42.5 Å². The summed E-state index contributed by atoms with van der Waals surface area (Å²) in [4.78, 5) is 0. The first-order valence-electron chi connectivity index (χ1n) is 7.15. The number of aliphatic hydroxyl groups excluding tert-OH is 1. The molecule has 0 bridgehead atoms. The lowest BCUT2D eigenvalue weighted by atomic mass is 10.1. The van der Waals surface area contributed by atoms with Gasteiger partial charge in [0, 0.05) is 5.39 Å². The SMILES string of the molecule is CCCNC(C)(CO)COc1cccc2ccccc12. The fourth-order valence-corrected chi connectivity index (χ4v) is 2.14. The topological polar surface area (TPSA) is 41.5 Å². The maximum absolute atomic E-state index is 9.56. The van der Waals surface area contributed by atoms with E-state index in [0.717, 1.165) is 29.5 Å². The van der Waals surface area contributed by atoms with Gasteiger partial charge in [0.2, 0.25) is 0 Å². The molecule has 2 aromatic carbocycles. The van der Waals surface area contributed by atoms with Crippen LogP contribution in [0.3, 0.4) is 0 Å². The minimum atomic E-state index is -0.410. The zero-order valence-electron chi connectivity index (χ0n) is 12.2. The van der Waals surface area contributed by atoms with Gasteiger partial charge in [-0.2, -0.15) is 0 Å². The Morgan fingerprint density at radius 3 is 2.65 bits per heavy atom. The second-order valence-corrected chi connectivity index (χ2v) is 5.41. The molecule has 0 aliphatic heterocycles. The predicted octanol–water partition coefficient (Wildman–Crippen LogP) is 2.97. The summed E-state index contributed by atoms with van der Waals surface area (Å²) < 4.78 is 5.95. The highest BCUT2D eigenvalue weighted by Crippen LogP contribution is 2.25. The van der Waals surface area contributed by atoms with Crippen molar-refractivity contribution < 1.29 is 9.84 Å². The van der Waals surface area contributed by atoms with Gasteiger partial charge in [-0.05, 0) is 31.3 Å². The first-order valence-corrected chi connectivity index (χ1v) is 7.15. The van der Waals surface area contributed by atoms with Crippen molar-refractivity contribution in [1.29, 1.82) is 0 Å². The smallest absolute Gasteiger partial charge is 0.127 e. The molecule has 0 saturated carbocycles. The van der Waals surface area contributed by atoms with E-state index in [-0.39, 0.29) is 6.61 Å². The van der Waals surface area contributed by atoms with Crippen molar-refractivity contribution >= 4 is 10.8 Å². The molecule has 0 aromatic heterocycles. The van der Waals surface area contributed by atoms with E-state index in [2.05, 4.69) is 30.4 Å². The van der Waals surface area contributed by atoms with Crippen LogP contribution in [0.5, 0.6) is 5.75 Å². The van der Waals surface area contributed by atoms with Gasteiger partial charge in [-0.25, -0.2) is 0 Å². The molecule has 0 saturated heterocycles. The average Bonchev–Trinajstić information content (AvgIpc) is 2.51. The highest BCUT2D eigenvalue weighted by molar-refractivity contribution is 5.88. The number of rotatable bonds is 7. The van der Waals surface area contributed by atoms with E-state index in [4.69, 9.17) is 4.74 Å². The molecule has 3 heteroatoms. The number of benzene rings is 2. The minimum Gasteiger partial charge on any atom is -0.491 e. The van der Waals surface area contributed by atoms with Gasteiger partial charge in [0.15, 0.2) is 0 Å². The predicted molar refractivity (Wildman–Crippen MR) is 83.2 cm³/mol. The lowest BCUT2D eigenvalue weighted by molar-refractivity contribution is 0.117. The van der Waals surface area contributed by atoms with E-state index in [1.54, 1.807) is 0 Å². The molecule has 0 aliphatic carbocycles. The summed E-state index contributed by atoms with van der Waals surface area (Å²) in [6.45, 7) is 5.45. The molecule has 0 spiro atoms. The lowest BCUT2D eigenvalue weighted by Gasteiger charge is -2.28. The van der Waals surface area contributed by atoms with Gasteiger partial charge in [0.1, 0.15) is 12.4 Å². The van der Waals surface area contributed by atoms with Crippen LogP contribution >= 0.6 is 0 Å². The maximum Gasteiger partial charge on any atom is 0.127 e. The van der Waals surface area contributed by atoms with Crippen molar-refractivity contribution in [2.75, 3.05) is 19.8 Å². The van der Waals surface area contributed by atoms with Crippen LogP contribution in [0.1, 0.15) is 20.3 Å². The Bertz CT molecular complexity index is 550. The fourth-order valence-electron chi connectivity index (χ4n) is 2.14. The van der Waals surface area contributed by atoms with Gasteiger partial charge in [0.05, 0.1) is 12.1 Å². The van der Waals surface area contributed by atoms with Crippen LogP contribution in [0, 0.1) is 0 Å². The van der Waals surface area contributed by atoms with Crippen LogP contribution in [-0.2, 0) is 0 Å². The van der Waals surface area contributed by atoms with E-state index >= 15 is 0 Å². The lowest BCUT2D eigenvalue weighted by Crippen LogP contribution is -2.50. The molecule has 0 heterocycles. The Labute approximate surface area is 120 Å². The van der Waals surface area contributed by atoms with Crippen molar-refractivity contribution in [3.8, 4) is 5.75 Å². The highest BCUT2D eigenvalue weighted by atomic mass is 16.5. The Morgan fingerprint density at radius 1 is 1.15 bits per heavy atom. The van der Waals surface area contributed by atoms with Crippen molar-refractivity contribution in [3.63, 3.8) is 0 Å².